The highest BCUT2D eigenvalue weighted by Gasteiger charge is 2.21. The number of sulfonamides is 1. The number of piperidine rings is 1. The molecule has 0 spiro atoms. The molecule has 1 saturated heterocycles. The van der Waals surface area contributed by atoms with E-state index in [1.54, 1.807) is 18.2 Å². The molecule has 1 heterocycles. The van der Waals surface area contributed by atoms with Crippen molar-refractivity contribution in [3.05, 3.63) is 33.8 Å². The lowest BCUT2D eigenvalue weighted by Crippen LogP contribution is -2.40. The lowest BCUT2D eigenvalue weighted by molar-refractivity contribution is 0.140. The molecule has 1 fully saturated rings. The summed E-state index contributed by atoms with van der Waals surface area (Å²) in [6.07, 6.45) is 2.10. The molecule has 4 nitrogen and oxygen atoms in total. The first-order valence-corrected chi connectivity index (χ1v) is 10.8. The molecule has 1 aromatic carbocycles. The summed E-state index contributed by atoms with van der Waals surface area (Å²) in [5.74, 6) is 1.32. The van der Waals surface area contributed by atoms with E-state index < -0.39 is 10.0 Å². The Morgan fingerprint density at radius 2 is 1.88 bits per heavy atom. The molecule has 0 unspecified atom stereocenters. The second-order valence-electron chi connectivity index (χ2n) is 6.95. The topological polar surface area (TPSA) is 49.4 Å². The number of benzene rings is 1. The SMILES string of the molecule is C[C@H]1C[C@H](C)CN(CCCNS(=O)(=O)Cc2ccc(Cl)cc2Cl)C1. The van der Waals surface area contributed by atoms with Crippen LogP contribution < -0.4 is 4.72 Å². The number of nitrogens with zero attached hydrogens (tertiary/aromatic N) is 1. The van der Waals surface area contributed by atoms with Crippen LogP contribution in [0, 0.1) is 11.8 Å². The molecule has 0 radical (unpaired) electrons. The number of likely N-dealkylation sites (tertiary alicyclic amines) is 1. The Bertz CT molecular complexity index is 642. The van der Waals surface area contributed by atoms with E-state index >= 15 is 0 Å². The molecule has 24 heavy (non-hydrogen) atoms. The van der Waals surface area contributed by atoms with Gasteiger partial charge < -0.3 is 4.90 Å². The fourth-order valence-corrected chi connectivity index (χ4v) is 5.17. The Morgan fingerprint density at radius 1 is 1.21 bits per heavy atom. The average molecular weight is 393 g/mol. The zero-order chi connectivity index (χ0) is 17.7. The number of hydrogen-bond acceptors (Lipinski definition) is 3. The summed E-state index contributed by atoms with van der Waals surface area (Å²) in [6.45, 7) is 8.16. The van der Waals surface area contributed by atoms with Crippen LogP contribution in [0.3, 0.4) is 0 Å². The number of nitrogens with one attached hydrogen (secondary N) is 1. The van der Waals surface area contributed by atoms with Gasteiger partial charge in [0.2, 0.25) is 10.0 Å². The standard InChI is InChI=1S/C17H26Cl2N2O2S/c1-13-8-14(2)11-21(10-13)7-3-6-20-24(22,23)12-15-4-5-16(18)9-17(15)19/h4-5,9,13-14,20H,3,6-8,10-12H2,1-2H3/t13-,14-/m0/s1. The molecule has 0 amide bonds. The zero-order valence-electron chi connectivity index (χ0n) is 14.3. The van der Waals surface area contributed by atoms with Crippen molar-refractivity contribution in [1.29, 1.82) is 0 Å². The highest BCUT2D eigenvalue weighted by Crippen LogP contribution is 2.23. The van der Waals surface area contributed by atoms with E-state index in [4.69, 9.17) is 23.2 Å². The minimum atomic E-state index is -3.39. The third-order valence-corrected chi connectivity index (χ3v) is 6.20. The molecular weight excluding hydrogens is 367 g/mol. The summed E-state index contributed by atoms with van der Waals surface area (Å²) < 4.78 is 27.0. The van der Waals surface area contributed by atoms with Crippen molar-refractivity contribution in [3.8, 4) is 0 Å². The Hall–Kier alpha value is -0.330. The normalized spacial score (nSPS) is 22.7. The Morgan fingerprint density at radius 3 is 2.50 bits per heavy atom. The van der Waals surface area contributed by atoms with Crippen LogP contribution in [-0.2, 0) is 15.8 Å². The van der Waals surface area contributed by atoms with Crippen molar-refractivity contribution < 1.29 is 8.42 Å². The Kier molecular flexibility index (Phi) is 7.38. The van der Waals surface area contributed by atoms with E-state index in [2.05, 4.69) is 23.5 Å². The smallest absolute Gasteiger partial charge is 0.215 e. The first-order valence-electron chi connectivity index (χ1n) is 8.39. The molecule has 2 rings (SSSR count). The lowest BCUT2D eigenvalue weighted by atomic mass is 9.92. The first-order chi connectivity index (χ1) is 11.2. The summed E-state index contributed by atoms with van der Waals surface area (Å²) in [6, 6.07) is 4.87. The Labute approximate surface area is 155 Å². The van der Waals surface area contributed by atoms with Crippen molar-refractivity contribution in [2.75, 3.05) is 26.2 Å². The van der Waals surface area contributed by atoms with Crippen LogP contribution in [0.2, 0.25) is 10.0 Å². The minimum Gasteiger partial charge on any atom is -0.303 e. The van der Waals surface area contributed by atoms with Gasteiger partial charge in [-0.3, -0.25) is 0 Å². The molecule has 1 N–H and O–H groups in total. The third kappa shape index (κ3) is 6.52. The van der Waals surface area contributed by atoms with Crippen molar-refractivity contribution in [3.63, 3.8) is 0 Å². The molecular formula is C17H26Cl2N2O2S. The van der Waals surface area contributed by atoms with Gasteiger partial charge >= 0.3 is 0 Å². The summed E-state index contributed by atoms with van der Waals surface area (Å²) in [4.78, 5) is 2.43. The number of rotatable bonds is 7. The van der Waals surface area contributed by atoms with E-state index in [0.29, 0.717) is 22.2 Å². The molecule has 2 atom stereocenters. The zero-order valence-corrected chi connectivity index (χ0v) is 16.6. The summed E-state index contributed by atoms with van der Waals surface area (Å²) >= 11 is 11.9. The highest BCUT2D eigenvalue weighted by atomic mass is 35.5. The molecule has 0 aromatic heterocycles. The van der Waals surface area contributed by atoms with E-state index in [0.717, 1.165) is 37.9 Å². The fourth-order valence-electron chi connectivity index (χ4n) is 3.40. The van der Waals surface area contributed by atoms with Gasteiger partial charge in [-0.05, 0) is 48.9 Å². The van der Waals surface area contributed by atoms with E-state index in [9.17, 15) is 8.42 Å². The van der Waals surface area contributed by atoms with Gasteiger partial charge in [0.1, 0.15) is 0 Å². The van der Waals surface area contributed by atoms with E-state index in [-0.39, 0.29) is 5.75 Å². The van der Waals surface area contributed by atoms with Gasteiger partial charge in [-0.15, -0.1) is 0 Å². The van der Waals surface area contributed by atoms with Gasteiger partial charge in [-0.25, -0.2) is 13.1 Å². The predicted octanol–water partition coefficient (Wildman–Crippen LogP) is 3.78. The molecule has 0 bridgehead atoms. The quantitative estimate of drug-likeness (QED) is 0.718. The van der Waals surface area contributed by atoms with Crippen molar-refractivity contribution in [1.82, 2.24) is 9.62 Å². The van der Waals surface area contributed by atoms with Crippen LogP contribution in [0.25, 0.3) is 0 Å². The van der Waals surface area contributed by atoms with Crippen molar-refractivity contribution in [2.24, 2.45) is 11.8 Å². The molecule has 136 valence electrons. The number of hydrogen-bond donors (Lipinski definition) is 1. The fraction of sp³-hybridized carbons (Fsp3) is 0.647. The van der Waals surface area contributed by atoms with Crippen LogP contribution >= 0.6 is 23.2 Å². The van der Waals surface area contributed by atoms with Crippen LogP contribution in [0.15, 0.2) is 18.2 Å². The molecule has 0 aliphatic carbocycles. The first kappa shape index (κ1) is 20.0. The largest absolute Gasteiger partial charge is 0.303 e. The van der Waals surface area contributed by atoms with Gasteiger partial charge in [-0.2, -0.15) is 0 Å². The Balaban J connectivity index is 1.76. The van der Waals surface area contributed by atoms with Crippen molar-refractivity contribution >= 4 is 33.2 Å². The second kappa shape index (κ2) is 8.86. The maximum absolute atomic E-state index is 12.2. The molecule has 1 aliphatic heterocycles. The maximum Gasteiger partial charge on any atom is 0.215 e. The summed E-state index contributed by atoms with van der Waals surface area (Å²) in [7, 11) is -3.39. The number of halogens is 2. The predicted molar refractivity (Wildman–Crippen MR) is 101 cm³/mol. The van der Waals surface area contributed by atoms with Gasteiger partial charge in [0.15, 0.2) is 0 Å². The van der Waals surface area contributed by atoms with Crippen LogP contribution in [0.5, 0.6) is 0 Å². The van der Waals surface area contributed by atoms with Crippen molar-refractivity contribution in [2.45, 2.75) is 32.4 Å². The van der Waals surface area contributed by atoms with E-state index in [1.165, 1.54) is 6.42 Å². The lowest BCUT2D eigenvalue weighted by Gasteiger charge is -2.34. The second-order valence-corrected chi connectivity index (χ2v) is 9.60. The molecule has 1 aromatic rings. The van der Waals surface area contributed by atoms with E-state index in [1.807, 2.05) is 0 Å². The third-order valence-electron chi connectivity index (χ3n) is 4.28. The minimum absolute atomic E-state index is 0.124. The van der Waals surface area contributed by atoms with Crippen LogP contribution in [0.4, 0.5) is 0 Å². The van der Waals surface area contributed by atoms with Gasteiger partial charge in [0.05, 0.1) is 5.75 Å². The van der Waals surface area contributed by atoms with Gasteiger partial charge in [0, 0.05) is 29.7 Å². The average Bonchev–Trinajstić information content (AvgIpc) is 2.46. The van der Waals surface area contributed by atoms with Crippen LogP contribution in [-0.4, -0.2) is 39.5 Å². The summed E-state index contributed by atoms with van der Waals surface area (Å²) in [5.41, 5.74) is 0.562. The molecule has 1 aliphatic rings. The monoisotopic (exact) mass is 392 g/mol. The molecule has 7 heteroatoms. The molecule has 0 saturated carbocycles. The highest BCUT2D eigenvalue weighted by molar-refractivity contribution is 7.88. The van der Waals surface area contributed by atoms with Gasteiger partial charge in [-0.1, -0.05) is 43.1 Å². The summed E-state index contributed by atoms with van der Waals surface area (Å²) in [5, 5.41) is 0.878. The van der Waals surface area contributed by atoms with Gasteiger partial charge in [0.25, 0.3) is 0 Å². The maximum atomic E-state index is 12.2. The van der Waals surface area contributed by atoms with Crippen LogP contribution in [0.1, 0.15) is 32.3 Å².